The first-order chi connectivity index (χ1) is 12.6. The van der Waals surface area contributed by atoms with Crippen molar-refractivity contribution < 1.29 is 14.3 Å². The number of amides is 1. The molecule has 3 rings (SSSR count). The third kappa shape index (κ3) is 4.41. The maximum Gasteiger partial charge on any atom is 0.228 e. The SMILES string of the molecule is CCN(C)c1cccc(NC(=O)Cc2cc(Cl)c3c(c2)OCCCO3)c1. The van der Waals surface area contributed by atoms with Gasteiger partial charge in [-0.05, 0) is 42.8 Å². The van der Waals surface area contributed by atoms with Gasteiger partial charge in [-0.25, -0.2) is 0 Å². The predicted octanol–water partition coefficient (Wildman–Crippen LogP) is 4.14. The molecule has 138 valence electrons. The number of rotatable bonds is 5. The summed E-state index contributed by atoms with van der Waals surface area (Å²) in [7, 11) is 2.01. The summed E-state index contributed by atoms with van der Waals surface area (Å²) in [6.45, 7) is 4.14. The molecule has 5 nitrogen and oxygen atoms in total. The number of halogens is 1. The van der Waals surface area contributed by atoms with Crippen molar-refractivity contribution in [3.05, 3.63) is 47.0 Å². The third-order valence-electron chi connectivity index (χ3n) is 4.27. The van der Waals surface area contributed by atoms with E-state index in [9.17, 15) is 4.79 Å². The lowest BCUT2D eigenvalue weighted by Gasteiger charge is -2.17. The molecule has 0 aliphatic carbocycles. The van der Waals surface area contributed by atoms with Gasteiger partial charge in [0.1, 0.15) is 0 Å². The van der Waals surface area contributed by atoms with Crippen molar-refractivity contribution in [2.45, 2.75) is 19.8 Å². The Morgan fingerprint density at radius 1 is 1.23 bits per heavy atom. The lowest BCUT2D eigenvalue weighted by atomic mass is 10.1. The molecule has 0 spiro atoms. The van der Waals surface area contributed by atoms with Crippen molar-refractivity contribution in [3.8, 4) is 11.5 Å². The second kappa shape index (κ2) is 8.32. The maximum atomic E-state index is 12.4. The van der Waals surface area contributed by atoms with Crippen LogP contribution in [0.2, 0.25) is 5.02 Å². The van der Waals surface area contributed by atoms with Crippen molar-refractivity contribution in [1.82, 2.24) is 0 Å². The highest BCUT2D eigenvalue weighted by atomic mass is 35.5. The maximum absolute atomic E-state index is 12.4. The molecule has 2 aromatic rings. The van der Waals surface area contributed by atoms with Gasteiger partial charge < -0.3 is 19.7 Å². The van der Waals surface area contributed by atoms with Crippen molar-refractivity contribution in [2.24, 2.45) is 0 Å². The van der Waals surface area contributed by atoms with Gasteiger partial charge in [0.05, 0.1) is 24.7 Å². The molecular formula is C20H23ClN2O3. The van der Waals surface area contributed by atoms with E-state index in [1.807, 2.05) is 37.4 Å². The van der Waals surface area contributed by atoms with Gasteiger partial charge in [-0.2, -0.15) is 0 Å². The minimum Gasteiger partial charge on any atom is -0.489 e. The van der Waals surface area contributed by atoms with Gasteiger partial charge in [0, 0.05) is 31.4 Å². The summed E-state index contributed by atoms with van der Waals surface area (Å²) in [5.74, 6) is 1.06. The van der Waals surface area contributed by atoms with Gasteiger partial charge in [0.15, 0.2) is 11.5 Å². The summed E-state index contributed by atoms with van der Waals surface area (Å²) >= 11 is 6.29. The Balaban J connectivity index is 1.71. The zero-order valence-corrected chi connectivity index (χ0v) is 15.8. The normalized spacial score (nSPS) is 13.0. The second-order valence-electron chi connectivity index (χ2n) is 6.24. The molecule has 1 heterocycles. The average molecular weight is 375 g/mol. The molecule has 1 N–H and O–H groups in total. The van der Waals surface area contributed by atoms with E-state index in [-0.39, 0.29) is 12.3 Å². The van der Waals surface area contributed by atoms with Crippen molar-refractivity contribution in [2.75, 3.05) is 37.0 Å². The number of hydrogen-bond acceptors (Lipinski definition) is 4. The molecule has 0 bridgehead atoms. The van der Waals surface area contributed by atoms with Crippen LogP contribution in [0.1, 0.15) is 18.9 Å². The van der Waals surface area contributed by atoms with Crippen LogP contribution in [0.15, 0.2) is 36.4 Å². The van der Waals surface area contributed by atoms with Crippen LogP contribution in [-0.4, -0.2) is 32.7 Å². The first-order valence-electron chi connectivity index (χ1n) is 8.76. The Labute approximate surface area is 158 Å². The molecule has 0 saturated heterocycles. The van der Waals surface area contributed by atoms with Gasteiger partial charge in [0.2, 0.25) is 5.91 Å². The monoisotopic (exact) mass is 374 g/mol. The summed E-state index contributed by atoms with van der Waals surface area (Å²) in [5.41, 5.74) is 2.62. The molecule has 0 fully saturated rings. The number of benzene rings is 2. The summed E-state index contributed by atoms with van der Waals surface area (Å²) in [4.78, 5) is 14.6. The number of carbonyl (C=O) groups excluding carboxylic acids is 1. The molecule has 0 radical (unpaired) electrons. The molecule has 0 saturated carbocycles. The van der Waals surface area contributed by atoms with Crippen LogP contribution in [0.5, 0.6) is 11.5 Å². The fraction of sp³-hybridized carbons (Fsp3) is 0.350. The Bertz CT molecular complexity index is 795. The molecule has 0 aromatic heterocycles. The number of hydrogen-bond donors (Lipinski definition) is 1. The van der Waals surface area contributed by atoms with Crippen LogP contribution in [0.4, 0.5) is 11.4 Å². The minimum absolute atomic E-state index is 0.105. The van der Waals surface area contributed by atoms with Crippen LogP contribution in [0, 0.1) is 0 Å². The van der Waals surface area contributed by atoms with E-state index in [2.05, 4.69) is 17.1 Å². The summed E-state index contributed by atoms with van der Waals surface area (Å²) < 4.78 is 11.3. The number of ether oxygens (including phenoxy) is 2. The zero-order valence-electron chi connectivity index (χ0n) is 15.0. The largest absolute Gasteiger partial charge is 0.489 e. The molecule has 0 atom stereocenters. The van der Waals surface area contributed by atoms with E-state index in [0.717, 1.165) is 29.9 Å². The van der Waals surface area contributed by atoms with E-state index in [1.54, 1.807) is 6.07 Å². The van der Waals surface area contributed by atoms with Gasteiger partial charge in [-0.15, -0.1) is 0 Å². The topological polar surface area (TPSA) is 50.8 Å². The zero-order chi connectivity index (χ0) is 18.5. The van der Waals surface area contributed by atoms with Crippen LogP contribution in [-0.2, 0) is 11.2 Å². The Morgan fingerprint density at radius 3 is 2.85 bits per heavy atom. The molecule has 1 aliphatic heterocycles. The predicted molar refractivity (Wildman–Crippen MR) is 105 cm³/mol. The highest BCUT2D eigenvalue weighted by Crippen LogP contribution is 2.38. The van der Waals surface area contributed by atoms with Gasteiger partial charge in [-0.3, -0.25) is 4.79 Å². The number of anilines is 2. The molecular weight excluding hydrogens is 352 g/mol. The molecule has 6 heteroatoms. The molecule has 1 aliphatic rings. The molecule has 1 amide bonds. The fourth-order valence-corrected chi connectivity index (χ4v) is 3.07. The lowest BCUT2D eigenvalue weighted by Crippen LogP contribution is -2.17. The quantitative estimate of drug-likeness (QED) is 0.854. The van der Waals surface area contributed by atoms with Gasteiger partial charge in [-0.1, -0.05) is 17.7 Å². The number of nitrogens with zero attached hydrogens (tertiary/aromatic N) is 1. The molecule has 2 aromatic carbocycles. The van der Waals surface area contributed by atoms with E-state index in [4.69, 9.17) is 21.1 Å². The van der Waals surface area contributed by atoms with Crippen LogP contribution in [0.25, 0.3) is 0 Å². The number of carbonyl (C=O) groups is 1. The van der Waals surface area contributed by atoms with E-state index in [1.165, 1.54) is 0 Å². The number of fused-ring (bicyclic) bond motifs is 1. The minimum atomic E-state index is -0.105. The average Bonchev–Trinajstić information content (AvgIpc) is 2.87. The second-order valence-corrected chi connectivity index (χ2v) is 6.65. The smallest absolute Gasteiger partial charge is 0.228 e. The van der Waals surface area contributed by atoms with Crippen molar-refractivity contribution in [3.63, 3.8) is 0 Å². The van der Waals surface area contributed by atoms with Crippen LogP contribution >= 0.6 is 11.6 Å². The first-order valence-corrected chi connectivity index (χ1v) is 9.13. The van der Waals surface area contributed by atoms with E-state index < -0.39 is 0 Å². The van der Waals surface area contributed by atoms with Crippen molar-refractivity contribution >= 4 is 28.9 Å². The summed E-state index contributed by atoms with van der Waals surface area (Å²) in [6.07, 6.45) is 1.02. The number of nitrogens with one attached hydrogen (secondary N) is 1. The van der Waals surface area contributed by atoms with Gasteiger partial charge >= 0.3 is 0 Å². The summed E-state index contributed by atoms with van der Waals surface area (Å²) in [6, 6.07) is 11.4. The molecule has 26 heavy (non-hydrogen) atoms. The Hall–Kier alpha value is -2.40. The summed E-state index contributed by atoms with van der Waals surface area (Å²) in [5, 5.41) is 3.41. The fourth-order valence-electron chi connectivity index (χ4n) is 2.78. The highest BCUT2D eigenvalue weighted by molar-refractivity contribution is 6.32. The van der Waals surface area contributed by atoms with Crippen LogP contribution < -0.4 is 19.7 Å². The first kappa shape index (κ1) is 18.4. The van der Waals surface area contributed by atoms with E-state index in [0.29, 0.717) is 29.7 Å². The van der Waals surface area contributed by atoms with Crippen LogP contribution in [0.3, 0.4) is 0 Å². The molecule has 0 unspecified atom stereocenters. The lowest BCUT2D eigenvalue weighted by molar-refractivity contribution is -0.115. The third-order valence-corrected chi connectivity index (χ3v) is 4.55. The highest BCUT2D eigenvalue weighted by Gasteiger charge is 2.17. The Morgan fingerprint density at radius 2 is 2.04 bits per heavy atom. The van der Waals surface area contributed by atoms with Crippen molar-refractivity contribution in [1.29, 1.82) is 0 Å². The van der Waals surface area contributed by atoms with E-state index >= 15 is 0 Å². The van der Waals surface area contributed by atoms with Gasteiger partial charge in [0.25, 0.3) is 0 Å². The standard InChI is InChI=1S/C20H23ClN2O3/c1-3-23(2)16-7-4-6-15(13-16)22-19(24)12-14-10-17(21)20-18(11-14)25-8-5-9-26-20/h4,6-7,10-11,13H,3,5,8-9,12H2,1-2H3,(H,22,24). The Kier molecular flexibility index (Phi) is 5.89.